The largest absolute Gasteiger partial charge is 0.354 e. The predicted molar refractivity (Wildman–Crippen MR) is 138 cm³/mol. The van der Waals surface area contributed by atoms with Crippen LogP contribution in [0.4, 0.5) is 8.78 Å². The zero-order chi connectivity index (χ0) is 25.2. The van der Waals surface area contributed by atoms with Crippen LogP contribution in [0.25, 0.3) is 33.7 Å². The molecule has 188 valence electrons. The summed E-state index contributed by atoms with van der Waals surface area (Å²) in [6, 6.07) is 16.5. The van der Waals surface area contributed by atoms with Crippen molar-refractivity contribution in [1.29, 1.82) is 0 Å². The Balaban J connectivity index is 1.13. The van der Waals surface area contributed by atoms with Gasteiger partial charge in [-0.1, -0.05) is 67.6 Å². The Morgan fingerprint density at radius 3 is 2.68 bits per heavy atom. The molecule has 5 aromatic rings. The molecule has 1 aliphatic carbocycles. The molecule has 3 heterocycles. The third kappa shape index (κ3) is 5.17. The van der Waals surface area contributed by atoms with E-state index >= 15 is 0 Å². The van der Waals surface area contributed by atoms with E-state index in [1.165, 1.54) is 56.2 Å². The number of H-pyrrole nitrogens is 1. The maximum absolute atomic E-state index is 14.2. The highest BCUT2D eigenvalue weighted by atomic mass is 19.2. The molecule has 0 aliphatic heterocycles. The van der Waals surface area contributed by atoms with Gasteiger partial charge < -0.3 is 9.51 Å². The molecule has 0 bridgehead atoms. The fourth-order valence-corrected chi connectivity index (χ4v) is 5.31. The molecule has 37 heavy (non-hydrogen) atoms. The van der Waals surface area contributed by atoms with Gasteiger partial charge in [0, 0.05) is 17.7 Å². The van der Waals surface area contributed by atoms with E-state index in [1.54, 1.807) is 0 Å². The van der Waals surface area contributed by atoms with Crippen molar-refractivity contribution in [3.05, 3.63) is 89.9 Å². The second kappa shape index (κ2) is 10.2. The minimum absolute atomic E-state index is 0.0997. The van der Waals surface area contributed by atoms with Crippen molar-refractivity contribution >= 4 is 11.0 Å². The van der Waals surface area contributed by atoms with Crippen LogP contribution in [-0.2, 0) is 13.0 Å². The average molecular weight is 500 g/mol. The Morgan fingerprint density at radius 1 is 1.00 bits per heavy atom. The van der Waals surface area contributed by atoms with E-state index in [0.717, 1.165) is 35.4 Å². The first-order valence-electron chi connectivity index (χ1n) is 13.0. The minimum atomic E-state index is -0.916. The van der Waals surface area contributed by atoms with E-state index in [2.05, 4.69) is 39.4 Å². The highest BCUT2D eigenvalue weighted by molar-refractivity contribution is 5.77. The smallest absolute Gasteiger partial charge is 0.208 e. The summed E-state index contributed by atoms with van der Waals surface area (Å²) in [4.78, 5) is 7.50. The summed E-state index contributed by atoms with van der Waals surface area (Å²) in [5.41, 5.74) is 4.69. The quantitative estimate of drug-likeness (QED) is 0.245. The van der Waals surface area contributed by atoms with Gasteiger partial charge in [0.05, 0.1) is 5.56 Å². The molecule has 0 saturated heterocycles. The molecular formula is C30H29F2N4O+. The van der Waals surface area contributed by atoms with Crippen LogP contribution in [0, 0.1) is 17.6 Å². The van der Waals surface area contributed by atoms with Crippen molar-refractivity contribution in [3.63, 3.8) is 0 Å². The van der Waals surface area contributed by atoms with Crippen molar-refractivity contribution < 1.29 is 17.9 Å². The third-order valence-electron chi connectivity index (χ3n) is 7.40. The maximum atomic E-state index is 14.2. The van der Waals surface area contributed by atoms with Crippen molar-refractivity contribution in [1.82, 2.24) is 15.1 Å². The summed E-state index contributed by atoms with van der Waals surface area (Å²) in [5, 5.41) is 4.27. The first-order chi connectivity index (χ1) is 18.1. The number of aromatic amines is 1. The lowest BCUT2D eigenvalue weighted by Gasteiger charge is -2.21. The van der Waals surface area contributed by atoms with Gasteiger partial charge in [-0.15, -0.1) is 0 Å². The number of imidazole rings is 1. The molecule has 1 aliphatic rings. The number of nitrogens with zero attached hydrogens (tertiary/aromatic N) is 3. The van der Waals surface area contributed by atoms with Gasteiger partial charge in [-0.25, -0.2) is 13.8 Å². The van der Waals surface area contributed by atoms with Crippen LogP contribution >= 0.6 is 0 Å². The number of halogens is 2. The van der Waals surface area contributed by atoms with Crippen LogP contribution in [0.3, 0.4) is 0 Å². The van der Waals surface area contributed by atoms with Crippen molar-refractivity contribution in [3.8, 4) is 22.6 Å². The van der Waals surface area contributed by atoms with E-state index in [0.29, 0.717) is 17.6 Å². The first-order valence-corrected chi connectivity index (χ1v) is 13.0. The summed E-state index contributed by atoms with van der Waals surface area (Å²) < 4.78 is 35.4. The molecule has 7 heteroatoms. The fourth-order valence-electron chi connectivity index (χ4n) is 5.31. The summed E-state index contributed by atoms with van der Waals surface area (Å²) in [5.74, 6) is 0.0775. The second-order valence-corrected chi connectivity index (χ2v) is 10.0. The monoisotopic (exact) mass is 499 g/mol. The molecule has 0 radical (unpaired) electrons. The average Bonchev–Trinajstić information content (AvgIpc) is 3.57. The first kappa shape index (κ1) is 23.5. The topological polar surface area (TPSA) is 58.6 Å². The number of benzene rings is 2. The lowest BCUT2D eigenvalue weighted by atomic mass is 9.85. The number of aryl methyl sites for hydroxylation is 1. The SMILES string of the molecule is Fc1cccc(-c2nc3cc[n+](Cc4cc(-c5ccc(CCC6CCCCC6)cc5)no4)cc3[nH]2)c1F. The van der Waals surface area contributed by atoms with Crippen LogP contribution in [0.5, 0.6) is 0 Å². The van der Waals surface area contributed by atoms with Crippen LogP contribution in [0.15, 0.2) is 71.5 Å². The zero-order valence-corrected chi connectivity index (χ0v) is 20.6. The molecule has 0 amide bonds. The van der Waals surface area contributed by atoms with E-state index in [9.17, 15) is 8.78 Å². The van der Waals surface area contributed by atoms with Crippen LogP contribution in [0.2, 0.25) is 0 Å². The van der Waals surface area contributed by atoms with E-state index in [1.807, 2.05) is 29.1 Å². The molecule has 3 aromatic heterocycles. The molecule has 0 spiro atoms. The standard InChI is InChI=1S/C30H28F2N4O/c31-25-8-4-7-24(29(25)32)30-33-26-15-16-36(19-28(26)34-30)18-23-17-27(35-37-23)22-13-11-21(12-14-22)10-9-20-5-2-1-3-6-20/h4,7-8,11-17,19-20H,1-3,5-6,9-10,18H2/p+1. The van der Waals surface area contributed by atoms with E-state index in [-0.39, 0.29) is 11.4 Å². The van der Waals surface area contributed by atoms with Crippen LogP contribution in [-0.4, -0.2) is 15.1 Å². The fraction of sp³-hybridized carbons (Fsp3) is 0.300. The highest BCUT2D eigenvalue weighted by Gasteiger charge is 2.17. The van der Waals surface area contributed by atoms with Gasteiger partial charge in [0.2, 0.25) is 12.3 Å². The molecule has 1 saturated carbocycles. The Bertz CT molecular complexity index is 1520. The van der Waals surface area contributed by atoms with Gasteiger partial charge in [0.1, 0.15) is 22.6 Å². The molecule has 0 atom stereocenters. The van der Waals surface area contributed by atoms with Crippen LogP contribution < -0.4 is 4.57 Å². The Morgan fingerprint density at radius 2 is 1.84 bits per heavy atom. The summed E-state index contributed by atoms with van der Waals surface area (Å²) in [6.07, 6.45) is 13.1. The zero-order valence-electron chi connectivity index (χ0n) is 20.6. The van der Waals surface area contributed by atoms with E-state index in [4.69, 9.17) is 4.52 Å². The molecule has 1 fully saturated rings. The lowest BCUT2D eigenvalue weighted by Crippen LogP contribution is -2.32. The van der Waals surface area contributed by atoms with Gasteiger partial charge in [-0.3, -0.25) is 0 Å². The summed E-state index contributed by atoms with van der Waals surface area (Å²) in [6.45, 7) is 0.477. The molecule has 5 nitrogen and oxygen atoms in total. The normalized spacial score (nSPS) is 14.4. The molecular weight excluding hydrogens is 470 g/mol. The molecule has 2 aromatic carbocycles. The van der Waals surface area contributed by atoms with Crippen LogP contribution in [0.1, 0.15) is 49.8 Å². The predicted octanol–water partition coefficient (Wildman–Crippen LogP) is 7.01. The third-order valence-corrected chi connectivity index (χ3v) is 7.40. The summed E-state index contributed by atoms with van der Waals surface area (Å²) >= 11 is 0. The highest BCUT2D eigenvalue weighted by Crippen LogP contribution is 2.28. The maximum Gasteiger partial charge on any atom is 0.208 e. The van der Waals surface area contributed by atoms with Gasteiger partial charge in [-0.2, -0.15) is 4.57 Å². The minimum Gasteiger partial charge on any atom is -0.354 e. The van der Waals surface area contributed by atoms with Crippen molar-refractivity contribution in [2.75, 3.05) is 0 Å². The number of aromatic nitrogens is 4. The van der Waals surface area contributed by atoms with Gasteiger partial charge in [0.25, 0.3) is 0 Å². The number of rotatable bonds is 7. The Labute approximate surface area is 214 Å². The number of hydrogen-bond donors (Lipinski definition) is 1. The number of nitrogens with one attached hydrogen (secondary N) is 1. The summed E-state index contributed by atoms with van der Waals surface area (Å²) in [7, 11) is 0. The van der Waals surface area contributed by atoms with Gasteiger partial charge in [-0.05, 0) is 36.5 Å². The van der Waals surface area contributed by atoms with E-state index < -0.39 is 11.6 Å². The second-order valence-electron chi connectivity index (χ2n) is 10.0. The lowest BCUT2D eigenvalue weighted by molar-refractivity contribution is -0.688. The van der Waals surface area contributed by atoms with Crippen molar-refractivity contribution in [2.24, 2.45) is 5.92 Å². The molecule has 6 rings (SSSR count). The Kier molecular flexibility index (Phi) is 6.51. The van der Waals surface area contributed by atoms with Gasteiger partial charge in [0.15, 0.2) is 24.0 Å². The number of fused-ring (bicyclic) bond motifs is 1. The van der Waals surface area contributed by atoms with Crippen molar-refractivity contribution in [2.45, 2.75) is 51.5 Å². The van der Waals surface area contributed by atoms with Gasteiger partial charge >= 0.3 is 0 Å². The molecule has 1 N–H and O–H groups in total. The Hall–Kier alpha value is -3.87. The number of pyridine rings is 1. The number of hydrogen-bond acceptors (Lipinski definition) is 3. The molecule has 0 unspecified atom stereocenters.